The van der Waals surface area contributed by atoms with Crippen molar-refractivity contribution < 1.29 is 9.47 Å². The predicted molar refractivity (Wildman–Crippen MR) is 202 cm³/mol. The van der Waals surface area contributed by atoms with Gasteiger partial charge in [-0.2, -0.15) is 0 Å². The van der Waals surface area contributed by atoms with Gasteiger partial charge in [0.25, 0.3) is 0 Å². The van der Waals surface area contributed by atoms with Crippen molar-refractivity contribution in [1.82, 2.24) is 19.5 Å². The SMILES string of the molecule is c1ccc(-c2cccc(-c3nc(-c4ccccc4)nc(-c4cc(-n5c6ccccc6c6ccccc65)cc5c4Oc4ccccc4O5)n3)c2)cc1. The molecule has 0 unspecified atom stereocenters. The summed E-state index contributed by atoms with van der Waals surface area (Å²) < 4.78 is 15.5. The number of rotatable bonds is 5. The van der Waals surface area contributed by atoms with E-state index in [9.17, 15) is 0 Å². The van der Waals surface area contributed by atoms with Gasteiger partial charge in [-0.15, -0.1) is 0 Å². The Balaban J connectivity index is 1.24. The first kappa shape index (κ1) is 28.9. The normalized spacial score (nSPS) is 11.8. The Bertz CT molecular complexity index is 2700. The van der Waals surface area contributed by atoms with Crippen molar-refractivity contribution in [2.75, 3.05) is 0 Å². The molecule has 0 fully saturated rings. The van der Waals surface area contributed by atoms with Gasteiger partial charge in [0.05, 0.1) is 22.3 Å². The molecule has 9 aromatic rings. The molecule has 0 saturated carbocycles. The molecule has 0 spiro atoms. The minimum Gasteiger partial charge on any atom is -0.449 e. The van der Waals surface area contributed by atoms with Crippen LogP contribution in [0, 0.1) is 0 Å². The molecule has 1 aliphatic rings. The maximum atomic E-state index is 6.64. The summed E-state index contributed by atoms with van der Waals surface area (Å²) in [5, 5.41) is 2.34. The van der Waals surface area contributed by atoms with Crippen molar-refractivity contribution in [1.29, 1.82) is 0 Å². The highest BCUT2D eigenvalue weighted by Crippen LogP contribution is 2.51. The van der Waals surface area contributed by atoms with E-state index < -0.39 is 0 Å². The largest absolute Gasteiger partial charge is 0.449 e. The van der Waals surface area contributed by atoms with E-state index in [1.54, 1.807) is 0 Å². The highest BCUT2D eigenvalue weighted by Gasteiger charge is 2.27. The fourth-order valence-electron chi connectivity index (χ4n) is 6.92. The number of ether oxygens (including phenoxy) is 2. The number of hydrogen-bond donors (Lipinski definition) is 0. The third-order valence-electron chi connectivity index (χ3n) is 9.30. The number of hydrogen-bond acceptors (Lipinski definition) is 5. The minimum absolute atomic E-state index is 0.478. The van der Waals surface area contributed by atoms with Gasteiger partial charge in [-0.1, -0.05) is 127 Å². The van der Waals surface area contributed by atoms with Crippen molar-refractivity contribution in [3.05, 3.63) is 170 Å². The summed E-state index contributed by atoms with van der Waals surface area (Å²) in [5.41, 5.74) is 7.73. The Morgan fingerprint density at radius 2 is 0.902 bits per heavy atom. The Morgan fingerprint density at radius 3 is 1.61 bits per heavy atom. The van der Waals surface area contributed by atoms with Crippen molar-refractivity contribution in [3.8, 4) is 74.0 Å². The van der Waals surface area contributed by atoms with Gasteiger partial charge in [0.15, 0.2) is 40.5 Å². The van der Waals surface area contributed by atoms with Crippen molar-refractivity contribution in [2.24, 2.45) is 0 Å². The van der Waals surface area contributed by atoms with Crippen LogP contribution in [0.3, 0.4) is 0 Å². The molecule has 51 heavy (non-hydrogen) atoms. The Hall–Kier alpha value is -7.05. The van der Waals surface area contributed by atoms with Crippen LogP contribution in [0.25, 0.3) is 72.8 Å². The molecule has 0 bridgehead atoms. The Morgan fingerprint density at radius 1 is 0.373 bits per heavy atom. The Kier molecular flexibility index (Phi) is 6.70. The fourth-order valence-corrected chi connectivity index (χ4v) is 6.92. The fraction of sp³-hybridized carbons (Fsp3) is 0. The van der Waals surface area contributed by atoms with Crippen LogP contribution in [0.4, 0.5) is 0 Å². The third-order valence-corrected chi connectivity index (χ3v) is 9.30. The summed E-state index contributed by atoms with van der Waals surface area (Å²) in [7, 11) is 0. The number of fused-ring (bicyclic) bond motifs is 5. The van der Waals surface area contributed by atoms with Crippen molar-refractivity contribution >= 4 is 21.8 Å². The first-order chi connectivity index (χ1) is 25.3. The summed E-state index contributed by atoms with van der Waals surface area (Å²) in [6.45, 7) is 0. The van der Waals surface area contributed by atoms with E-state index >= 15 is 0 Å². The zero-order valence-corrected chi connectivity index (χ0v) is 27.3. The van der Waals surface area contributed by atoms with E-state index in [1.807, 2.05) is 91.0 Å². The average molecular weight is 657 g/mol. The van der Waals surface area contributed by atoms with E-state index in [4.69, 9.17) is 24.4 Å². The van der Waals surface area contributed by atoms with Gasteiger partial charge in [-0.25, -0.2) is 15.0 Å². The number of aromatic nitrogens is 4. The van der Waals surface area contributed by atoms with Crippen molar-refractivity contribution in [2.45, 2.75) is 0 Å². The van der Waals surface area contributed by atoms with E-state index in [0.29, 0.717) is 46.0 Å². The second-order valence-corrected chi connectivity index (χ2v) is 12.5. The summed E-state index contributed by atoms with van der Waals surface area (Å²) in [6.07, 6.45) is 0. The molecule has 0 aliphatic carbocycles. The maximum Gasteiger partial charge on any atom is 0.181 e. The van der Waals surface area contributed by atoms with Gasteiger partial charge in [0.1, 0.15) is 0 Å². The zero-order valence-electron chi connectivity index (χ0n) is 27.3. The van der Waals surface area contributed by atoms with Gasteiger partial charge in [-0.05, 0) is 47.5 Å². The van der Waals surface area contributed by atoms with Crippen LogP contribution in [0.5, 0.6) is 23.0 Å². The number of benzene rings is 7. The Labute approximate surface area is 293 Å². The second kappa shape index (κ2) is 11.8. The molecule has 240 valence electrons. The van der Waals surface area contributed by atoms with Gasteiger partial charge >= 0.3 is 0 Å². The molecule has 0 saturated heterocycles. The molecule has 10 rings (SSSR count). The van der Waals surface area contributed by atoms with Crippen LogP contribution >= 0.6 is 0 Å². The molecule has 6 nitrogen and oxygen atoms in total. The van der Waals surface area contributed by atoms with E-state index in [1.165, 1.54) is 10.8 Å². The molecule has 3 heterocycles. The molecule has 7 aromatic carbocycles. The molecule has 0 N–H and O–H groups in total. The van der Waals surface area contributed by atoms with Crippen LogP contribution in [-0.4, -0.2) is 19.5 Å². The van der Waals surface area contributed by atoms with Crippen LogP contribution in [0.2, 0.25) is 0 Å². The summed E-state index contributed by atoms with van der Waals surface area (Å²) in [6, 6.07) is 57.4. The lowest BCUT2D eigenvalue weighted by Crippen LogP contribution is -2.06. The second-order valence-electron chi connectivity index (χ2n) is 12.5. The van der Waals surface area contributed by atoms with Crippen LogP contribution in [-0.2, 0) is 0 Å². The highest BCUT2D eigenvalue weighted by atomic mass is 16.6. The lowest BCUT2D eigenvalue weighted by molar-refractivity contribution is 0.360. The predicted octanol–water partition coefficient (Wildman–Crippen LogP) is 11.5. The minimum atomic E-state index is 0.478. The standard InChI is InChI=1S/C45H28N4O2/c1-3-14-29(15-4-1)31-18-13-19-32(26-31)44-46-43(30-16-5-2-6-17-30)47-45(48-44)36-27-33(28-41-42(36)51-40-25-12-11-24-39(40)50-41)49-37-22-9-7-20-34(37)35-21-8-10-23-38(35)49/h1-28H. The molecule has 0 radical (unpaired) electrons. The molecular formula is C45H28N4O2. The molecule has 1 aliphatic heterocycles. The topological polar surface area (TPSA) is 62.1 Å². The lowest BCUT2D eigenvalue weighted by Gasteiger charge is -2.24. The van der Waals surface area contributed by atoms with E-state index in [0.717, 1.165) is 39.0 Å². The zero-order chi connectivity index (χ0) is 33.7. The monoisotopic (exact) mass is 656 g/mol. The van der Waals surface area contributed by atoms with Gasteiger partial charge in [0.2, 0.25) is 0 Å². The molecule has 6 heteroatoms. The smallest absolute Gasteiger partial charge is 0.181 e. The van der Waals surface area contributed by atoms with Gasteiger partial charge in [-0.3, -0.25) is 0 Å². The number of nitrogens with zero attached hydrogens (tertiary/aromatic N) is 4. The van der Waals surface area contributed by atoms with Gasteiger partial charge in [0, 0.05) is 28.0 Å². The lowest BCUT2D eigenvalue weighted by atomic mass is 10.0. The first-order valence-corrected chi connectivity index (χ1v) is 16.9. The molecule has 2 aromatic heterocycles. The molecular weight excluding hydrogens is 629 g/mol. The van der Waals surface area contributed by atoms with Crippen molar-refractivity contribution in [3.63, 3.8) is 0 Å². The van der Waals surface area contributed by atoms with Crippen LogP contribution < -0.4 is 9.47 Å². The first-order valence-electron chi connectivity index (χ1n) is 16.9. The third kappa shape index (κ3) is 5.01. The van der Waals surface area contributed by atoms with Gasteiger partial charge < -0.3 is 14.0 Å². The van der Waals surface area contributed by atoms with Crippen LogP contribution in [0.1, 0.15) is 0 Å². The summed E-state index contributed by atoms with van der Waals surface area (Å²) in [5.74, 6) is 4.01. The van der Waals surface area contributed by atoms with E-state index in [-0.39, 0.29) is 0 Å². The highest BCUT2D eigenvalue weighted by molar-refractivity contribution is 6.09. The van der Waals surface area contributed by atoms with Crippen LogP contribution in [0.15, 0.2) is 170 Å². The number of para-hydroxylation sites is 4. The summed E-state index contributed by atoms with van der Waals surface area (Å²) >= 11 is 0. The quantitative estimate of drug-likeness (QED) is 0.184. The maximum absolute atomic E-state index is 6.64. The molecule has 0 atom stereocenters. The average Bonchev–Trinajstić information content (AvgIpc) is 3.54. The summed E-state index contributed by atoms with van der Waals surface area (Å²) in [4.78, 5) is 15.3. The van der Waals surface area contributed by atoms with E-state index in [2.05, 4.69) is 83.4 Å². The molecule has 0 amide bonds.